The van der Waals surface area contributed by atoms with Crippen molar-refractivity contribution >= 4 is 17.8 Å². The summed E-state index contributed by atoms with van der Waals surface area (Å²) in [6, 6.07) is 7.17. The molecule has 24 heavy (non-hydrogen) atoms. The van der Waals surface area contributed by atoms with E-state index >= 15 is 0 Å². The van der Waals surface area contributed by atoms with Crippen molar-refractivity contribution in [2.75, 3.05) is 26.2 Å². The van der Waals surface area contributed by atoms with Gasteiger partial charge in [-0.25, -0.2) is 4.79 Å². The third-order valence-electron chi connectivity index (χ3n) is 5.18. The minimum atomic E-state index is -0.994. The molecule has 7 heteroatoms. The van der Waals surface area contributed by atoms with Gasteiger partial charge in [-0.05, 0) is 24.0 Å². The number of rotatable bonds is 4. The molecule has 1 aromatic rings. The molecular weight excluding hydrogens is 308 g/mol. The van der Waals surface area contributed by atoms with E-state index in [2.05, 4.69) is 16.0 Å². The molecule has 4 rings (SSSR count). The first-order valence-corrected chi connectivity index (χ1v) is 8.30. The molecule has 3 aliphatic rings. The van der Waals surface area contributed by atoms with Gasteiger partial charge in [0.25, 0.3) is 5.91 Å². The lowest BCUT2D eigenvalue weighted by Crippen LogP contribution is -2.50. The highest BCUT2D eigenvalue weighted by molar-refractivity contribution is 6.09. The molecule has 2 aliphatic heterocycles. The number of fused-ring (bicyclic) bond motifs is 2. The van der Waals surface area contributed by atoms with E-state index in [-0.39, 0.29) is 18.4 Å². The summed E-state index contributed by atoms with van der Waals surface area (Å²) in [6.45, 7) is 2.13. The Morgan fingerprint density at radius 1 is 1.29 bits per heavy atom. The summed E-state index contributed by atoms with van der Waals surface area (Å²) < 4.78 is 0. The van der Waals surface area contributed by atoms with Gasteiger partial charge in [-0.3, -0.25) is 14.5 Å². The predicted molar refractivity (Wildman–Crippen MR) is 86.1 cm³/mol. The fraction of sp³-hybridized carbons (Fsp3) is 0.471. The van der Waals surface area contributed by atoms with E-state index in [0.29, 0.717) is 18.9 Å². The zero-order valence-corrected chi connectivity index (χ0v) is 13.3. The Labute approximate surface area is 139 Å². The zero-order valence-electron chi connectivity index (χ0n) is 13.3. The fourth-order valence-electron chi connectivity index (χ4n) is 3.68. The van der Waals surface area contributed by atoms with Crippen molar-refractivity contribution in [3.05, 3.63) is 35.4 Å². The molecule has 0 bridgehead atoms. The van der Waals surface area contributed by atoms with Crippen molar-refractivity contribution in [1.29, 1.82) is 0 Å². The number of amides is 4. The molecule has 7 nitrogen and oxygen atoms in total. The van der Waals surface area contributed by atoms with Gasteiger partial charge in [-0.1, -0.05) is 24.3 Å². The van der Waals surface area contributed by atoms with Crippen LogP contribution in [0.25, 0.3) is 0 Å². The Morgan fingerprint density at radius 3 is 2.83 bits per heavy atom. The second-order valence-corrected chi connectivity index (χ2v) is 6.71. The van der Waals surface area contributed by atoms with Gasteiger partial charge in [0.2, 0.25) is 5.91 Å². The Hall–Kier alpha value is -2.41. The summed E-state index contributed by atoms with van der Waals surface area (Å²) in [5.41, 5.74) is 0.938. The Kier molecular flexibility index (Phi) is 3.53. The topological polar surface area (TPSA) is 90.5 Å². The van der Waals surface area contributed by atoms with E-state index in [1.165, 1.54) is 0 Å². The van der Waals surface area contributed by atoms with Crippen LogP contribution in [-0.4, -0.2) is 48.9 Å². The molecule has 1 aliphatic carbocycles. The van der Waals surface area contributed by atoms with E-state index in [1.807, 2.05) is 24.3 Å². The molecule has 1 unspecified atom stereocenters. The number of hydrogen-bond donors (Lipinski definition) is 3. The number of urea groups is 1. The number of nitrogens with one attached hydrogen (secondary N) is 3. The third-order valence-corrected chi connectivity index (χ3v) is 5.18. The van der Waals surface area contributed by atoms with Crippen LogP contribution in [0.15, 0.2) is 24.3 Å². The lowest BCUT2D eigenvalue weighted by Gasteiger charge is -2.27. The highest BCUT2D eigenvalue weighted by Gasteiger charge is 2.55. The largest absolute Gasteiger partial charge is 0.354 e. The monoisotopic (exact) mass is 328 g/mol. The summed E-state index contributed by atoms with van der Waals surface area (Å²) in [4.78, 5) is 38.3. The second kappa shape index (κ2) is 5.59. The Bertz CT molecular complexity index is 716. The average molecular weight is 328 g/mol. The summed E-state index contributed by atoms with van der Waals surface area (Å²) >= 11 is 0. The Balaban J connectivity index is 1.47. The Morgan fingerprint density at radius 2 is 2.08 bits per heavy atom. The normalized spacial score (nSPS) is 25.6. The molecule has 0 radical (unpaired) electrons. The molecule has 1 aromatic carbocycles. The maximum atomic E-state index is 12.9. The van der Waals surface area contributed by atoms with Crippen LogP contribution in [0, 0.1) is 5.92 Å². The highest BCUT2D eigenvalue weighted by Crippen LogP contribution is 2.41. The molecule has 1 atom stereocenters. The summed E-state index contributed by atoms with van der Waals surface area (Å²) in [5, 5.41) is 8.76. The number of benzene rings is 1. The van der Waals surface area contributed by atoms with E-state index in [9.17, 15) is 14.4 Å². The average Bonchev–Trinajstić information content (AvgIpc) is 3.00. The summed E-state index contributed by atoms with van der Waals surface area (Å²) in [5.74, 6) is -0.184. The van der Waals surface area contributed by atoms with Crippen molar-refractivity contribution in [3.8, 4) is 0 Å². The number of imide groups is 1. The molecule has 4 amide bonds. The molecular formula is C17H20N4O3. The first-order chi connectivity index (χ1) is 11.6. The van der Waals surface area contributed by atoms with Crippen LogP contribution in [0.2, 0.25) is 0 Å². The minimum absolute atomic E-state index is 0.227. The molecule has 2 saturated heterocycles. The standard InChI is InChI=1S/C17H20N4O3/c22-14(19-9-11-7-18-8-11)10-21-15(23)17(20-16(21)24)6-5-12-3-1-2-4-13(12)17/h1-4,11,18H,5-10H2,(H,19,22)(H,20,24). The third kappa shape index (κ3) is 2.27. The first-order valence-electron chi connectivity index (χ1n) is 8.30. The molecule has 126 valence electrons. The van der Waals surface area contributed by atoms with Gasteiger partial charge in [0.1, 0.15) is 12.1 Å². The molecule has 2 heterocycles. The van der Waals surface area contributed by atoms with Gasteiger partial charge in [-0.15, -0.1) is 0 Å². The van der Waals surface area contributed by atoms with Gasteiger partial charge < -0.3 is 16.0 Å². The van der Waals surface area contributed by atoms with Crippen LogP contribution in [0.4, 0.5) is 4.79 Å². The number of nitrogens with zero attached hydrogens (tertiary/aromatic N) is 1. The van der Waals surface area contributed by atoms with Crippen molar-refractivity contribution < 1.29 is 14.4 Å². The van der Waals surface area contributed by atoms with E-state index in [0.717, 1.165) is 35.5 Å². The lowest BCUT2D eigenvalue weighted by atomic mass is 9.92. The van der Waals surface area contributed by atoms with Gasteiger partial charge in [0.15, 0.2) is 0 Å². The van der Waals surface area contributed by atoms with E-state index in [4.69, 9.17) is 0 Å². The van der Waals surface area contributed by atoms with Crippen LogP contribution >= 0.6 is 0 Å². The van der Waals surface area contributed by atoms with Crippen molar-refractivity contribution in [2.24, 2.45) is 5.92 Å². The molecule has 0 aromatic heterocycles. The van der Waals surface area contributed by atoms with E-state index < -0.39 is 11.6 Å². The van der Waals surface area contributed by atoms with Crippen molar-refractivity contribution in [1.82, 2.24) is 20.9 Å². The maximum absolute atomic E-state index is 12.9. The summed E-state index contributed by atoms with van der Waals surface area (Å²) in [7, 11) is 0. The summed E-state index contributed by atoms with van der Waals surface area (Å²) in [6.07, 6.45) is 1.29. The highest BCUT2D eigenvalue weighted by atomic mass is 16.2. The number of carbonyl (C=O) groups is 3. The molecule has 3 N–H and O–H groups in total. The van der Waals surface area contributed by atoms with Gasteiger partial charge in [0.05, 0.1) is 0 Å². The van der Waals surface area contributed by atoms with Gasteiger partial charge in [0, 0.05) is 25.6 Å². The minimum Gasteiger partial charge on any atom is -0.354 e. The number of hydrogen-bond acceptors (Lipinski definition) is 4. The van der Waals surface area contributed by atoms with Crippen molar-refractivity contribution in [3.63, 3.8) is 0 Å². The molecule has 1 spiro atoms. The van der Waals surface area contributed by atoms with Crippen LogP contribution in [-0.2, 0) is 21.5 Å². The van der Waals surface area contributed by atoms with Crippen LogP contribution in [0.3, 0.4) is 0 Å². The van der Waals surface area contributed by atoms with Crippen LogP contribution in [0.1, 0.15) is 17.5 Å². The van der Waals surface area contributed by atoms with Gasteiger partial charge >= 0.3 is 6.03 Å². The van der Waals surface area contributed by atoms with Gasteiger partial charge in [-0.2, -0.15) is 0 Å². The SMILES string of the molecule is O=C(CN1C(=O)NC2(CCc3ccccc32)C1=O)NCC1CNC1. The quantitative estimate of drug-likeness (QED) is 0.663. The van der Waals surface area contributed by atoms with Crippen LogP contribution < -0.4 is 16.0 Å². The van der Waals surface area contributed by atoms with E-state index in [1.54, 1.807) is 0 Å². The van der Waals surface area contributed by atoms with Crippen LogP contribution in [0.5, 0.6) is 0 Å². The smallest absolute Gasteiger partial charge is 0.325 e. The van der Waals surface area contributed by atoms with Crippen molar-refractivity contribution in [2.45, 2.75) is 18.4 Å². The first kappa shape index (κ1) is 15.1. The lowest BCUT2D eigenvalue weighted by molar-refractivity contribution is -0.135. The number of aryl methyl sites for hydroxylation is 1. The second-order valence-electron chi connectivity index (χ2n) is 6.71. The predicted octanol–water partition coefficient (Wildman–Crippen LogP) is -0.284. The zero-order chi connectivity index (χ0) is 16.7. The maximum Gasteiger partial charge on any atom is 0.325 e. The number of carbonyl (C=O) groups excluding carboxylic acids is 3. The molecule has 2 fully saturated rings. The fourth-order valence-corrected chi connectivity index (χ4v) is 3.68. The molecule has 0 saturated carbocycles.